The van der Waals surface area contributed by atoms with Gasteiger partial charge in [0.2, 0.25) is 5.91 Å². The highest BCUT2D eigenvalue weighted by atomic mass is 19.1. The van der Waals surface area contributed by atoms with Crippen molar-refractivity contribution in [3.8, 4) is 0 Å². The maximum absolute atomic E-state index is 15.2. The highest BCUT2D eigenvalue weighted by Gasteiger charge is 2.35. The van der Waals surface area contributed by atoms with Crippen molar-refractivity contribution in [1.82, 2.24) is 10.2 Å². The average molecular weight is 418 g/mol. The molecule has 2 fully saturated rings. The van der Waals surface area contributed by atoms with Crippen LogP contribution in [0.2, 0.25) is 0 Å². The molecule has 7 heteroatoms. The Morgan fingerprint density at radius 1 is 1.17 bits per heavy atom. The molecule has 1 atom stereocenters. The Morgan fingerprint density at radius 3 is 2.43 bits per heavy atom. The van der Waals surface area contributed by atoms with Crippen molar-refractivity contribution in [3.05, 3.63) is 35.1 Å². The van der Waals surface area contributed by atoms with Gasteiger partial charge in [0.1, 0.15) is 5.82 Å². The monoisotopic (exact) mass is 417 g/mol. The van der Waals surface area contributed by atoms with Gasteiger partial charge in [0.25, 0.3) is 5.91 Å². The molecule has 164 valence electrons. The summed E-state index contributed by atoms with van der Waals surface area (Å²) >= 11 is 0. The first-order valence-electron chi connectivity index (χ1n) is 10.9. The highest BCUT2D eigenvalue weighted by Crippen LogP contribution is 2.31. The molecule has 1 aromatic rings. The maximum Gasteiger partial charge on any atom is 0.254 e. The van der Waals surface area contributed by atoms with Crippen molar-refractivity contribution >= 4 is 17.6 Å². The Labute approximate surface area is 177 Å². The first-order valence-corrected chi connectivity index (χ1v) is 10.9. The summed E-state index contributed by atoms with van der Waals surface area (Å²) in [7, 11) is 0. The van der Waals surface area contributed by atoms with Crippen molar-refractivity contribution in [2.24, 2.45) is 17.6 Å². The molecule has 1 aliphatic carbocycles. The van der Waals surface area contributed by atoms with Gasteiger partial charge in [0.15, 0.2) is 5.78 Å². The summed E-state index contributed by atoms with van der Waals surface area (Å²) in [6.07, 6.45) is 5.05. The van der Waals surface area contributed by atoms with Gasteiger partial charge in [0, 0.05) is 24.9 Å². The third kappa shape index (κ3) is 4.72. The summed E-state index contributed by atoms with van der Waals surface area (Å²) < 4.78 is 15.2. The molecule has 0 unspecified atom stereocenters. The van der Waals surface area contributed by atoms with Crippen molar-refractivity contribution in [2.75, 3.05) is 19.6 Å². The van der Waals surface area contributed by atoms with Gasteiger partial charge in [-0.2, -0.15) is 0 Å². The smallest absolute Gasteiger partial charge is 0.254 e. The predicted molar refractivity (Wildman–Crippen MR) is 112 cm³/mol. The van der Waals surface area contributed by atoms with Crippen LogP contribution in [0.25, 0.3) is 0 Å². The minimum absolute atomic E-state index is 0.00162. The molecular weight excluding hydrogens is 385 g/mol. The van der Waals surface area contributed by atoms with Gasteiger partial charge in [0.05, 0.1) is 18.2 Å². The second-order valence-corrected chi connectivity index (χ2v) is 8.81. The molecule has 1 aromatic carbocycles. The van der Waals surface area contributed by atoms with E-state index in [1.807, 2.05) is 13.8 Å². The number of ketones is 1. The number of halogens is 1. The van der Waals surface area contributed by atoms with Gasteiger partial charge in [-0.1, -0.05) is 45.2 Å². The number of likely N-dealkylation sites (tertiary alicyclic amines) is 1. The van der Waals surface area contributed by atoms with Gasteiger partial charge < -0.3 is 16.0 Å². The normalized spacial score (nSPS) is 18.8. The van der Waals surface area contributed by atoms with Crippen LogP contribution in [0, 0.1) is 17.7 Å². The summed E-state index contributed by atoms with van der Waals surface area (Å²) in [4.78, 5) is 39.0. The van der Waals surface area contributed by atoms with Crippen molar-refractivity contribution in [1.29, 1.82) is 0 Å². The van der Waals surface area contributed by atoms with Crippen molar-refractivity contribution in [3.63, 3.8) is 0 Å². The van der Waals surface area contributed by atoms with E-state index in [9.17, 15) is 14.4 Å². The zero-order valence-corrected chi connectivity index (χ0v) is 17.8. The van der Waals surface area contributed by atoms with E-state index in [0.29, 0.717) is 18.7 Å². The van der Waals surface area contributed by atoms with Crippen LogP contribution in [-0.4, -0.2) is 48.2 Å². The van der Waals surface area contributed by atoms with Crippen molar-refractivity contribution < 1.29 is 18.8 Å². The highest BCUT2D eigenvalue weighted by molar-refractivity contribution is 5.98. The zero-order valence-electron chi connectivity index (χ0n) is 17.8. The molecular formula is C23H32FN3O3. The molecule has 1 saturated heterocycles. The summed E-state index contributed by atoms with van der Waals surface area (Å²) in [6.45, 7) is 4.39. The molecule has 30 heavy (non-hydrogen) atoms. The van der Waals surface area contributed by atoms with Gasteiger partial charge in [-0.25, -0.2) is 4.39 Å². The Balaban J connectivity index is 1.75. The summed E-state index contributed by atoms with van der Waals surface area (Å²) in [5, 5.41) is 2.85. The third-order valence-corrected chi connectivity index (χ3v) is 6.41. The molecule has 3 N–H and O–H groups in total. The Hall–Kier alpha value is -2.28. The van der Waals surface area contributed by atoms with Crippen LogP contribution in [0.1, 0.15) is 67.8 Å². The van der Waals surface area contributed by atoms with Gasteiger partial charge in [-0.05, 0) is 30.4 Å². The van der Waals surface area contributed by atoms with E-state index in [0.717, 1.165) is 32.1 Å². The minimum Gasteiger partial charge on any atom is -0.342 e. The van der Waals surface area contributed by atoms with Gasteiger partial charge >= 0.3 is 0 Å². The lowest BCUT2D eigenvalue weighted by Gasteiger charge is -2.39. The number of benzene rings is 1. The number of carbonyl (C=O) groups is 3. The lowest BCUT2D eigenvalue weighted by Crippen LogP contribution is -2.51. The molecule has 1 heterocycles. The number of rotatable bonds is 7. The second kappa shape index (κ2) is 9.69. The molecule has 0 aromatic heterocycles. The molecule has 1 aliphatic heterocycles. The number of nitrogens with two attached hydrogens (primary N) is 1. The number of nitrogens with one attached hydrogen (secondary N) is 1. The van der Waals surface area contributed by atoms with Crippen molar-refractivity contribution in [2.45, 2.75) is 57.9 Å². The molecule has 0 bridgehead atoms. The topological polar surface area (TPSA) is 92.5 Å². The van der Waals surface area contributed by atoms with Crippen LogP contribution < -0.4 is 11.1 Å². The third-order valence-electron chi connectivity index (χ3n) is 6.41. The number of hydrogen-bond acceptors (Lipinski definition) is 4. The lowest BCUT2D eigenvalue weighted by molar-refractivity contribution is -0.134. The number of Topliss-reactive ketones (excluding diaryl/α,β-unsaturated/α-hetero) is 1. The van der Waals surface area contributed by atoms with E-state index in [1.54, 1.807) is 17.0 Å². The largest absolute Gasteiger partial charge is 0.342 e. The Morgan fingerprint density at radius 2 is 1.83 bits per heavy atom. The Kier molecular flexibility index (Phi) is 7.23. The fourth-order valence-electron chi connectivity index (χ4n) is 4.52. The van der Waals surface area contributed by atoms with Crippen LogP contribution in [-0.2, 0) is 9.59 Å². The van der Waals surface area contributed by atoms with Crippen LogP contribution >= 0.6 is 0 Å². The summed E-state index contributed by atoms with van der Waals surface area (Å²) in [6, 6.07) is 4.18. The molecule has 0 radical (unpaired) electrons. The molecule has 3 rings (SSSR count). The lowest BCUT2D eigenvalue weighted by atomic mass is 9.80. The molecule has 2 amide bonds. The molecule has 0 spiro atoms. The van der Waals surface area contributed by atoms with E-state index in [1.165, 1.54) is 6.07 Å². The minimum atomic E-state index is -0.581. The summed E-state index contributed by atoms with van der Waals surface area (Å²) in [5.74, 6) is -1.53. The second-order valence-electron chi connectivity index (χ2n) is 8.81. The number of amides is 2. The van der Waals surface area contributed by atoms with Gasteiger partial charge in [-0.15, -0.1) is 0 Å². The van der Waals surface area contributed by atoms with E-state index < -0.39 is 17.8 Å². The van der Waals surface area contributed by atoms with Crippen LogP contribution in [0.4, 0.5) is 4.39 Å². The van der Waals surface area contributed by atoms with E-state index in [-0.39, 0.29) is 41.6 Å². The predicted octanol–water partition coefficient (Wildman–Crippen LogP) is 2.61. The standard InChI is InChI=1S/C23H32FN3O3/c1-14(2)22(29)21(15-7-4-3-5-8-15)26-23(30)18-10-6-9-17(20(18)24)16-12-27(13-16)19(28)11-25/h6,9-10,14-16,21H,3-5,7-8,11-13,25H2,1-2H3,(H,26,30)/t21-/m1/s1. The number of nitrogens with zero attached hydrogens (tertiary/aromatic N) is 1. The first-order chi connectivity index (χ1) is 14.3. The van der Waals surface area contributed by atoms with Crippen LogP contribution in [0.3, 0.4) is 0 Å². The quantitative estimate of drug-likeness (QED) is 0.713. The molecule has 1 saturated carbocycles. The number of carbonyl (C=O) groups excluding carboxylic acids is 3. The van der Waals surface area contributed by atoms with E-state index in [4.69, 9.17) is 5.73 Å². The van der Waals surface area contributed by atoms with Crippen LogP contribution in [0.15, 0.2) is 18.2 Å². The van der Waals surface area contributed by atoms with Crippen LogP contribution in [0.5, 0.6) is 0 Å². The van der Waals surface area contributed by atoms with Gasteiger partial charge in [-0.3, -0.25) is 14.4 Å². The fraction of sp³-hybridized carbons (Fsp3) is 0.609. The Bertz CT molecular complexity index is 799. The molecule has 2 aliphatic rings. The maximum atomic E-state index is 15.2. The van der Waals surface area contributed by atoms with E-state index >= 15 is 4.39 Å². The first kappa shape index (κ1) is 22.4. The SMILES string of the molecule is CC(C)C(=O)[C@H](NC(=O)c1cccc(C2CN(C(=O)CN)C2)c1F)C1CCCCC1. The molecule has 6 nitrogen and oxygen atoms in total. The van der Waals surface area contributed by atoms with E-state index in [2.05, 4.69) is 5.32 Å². The summed E-state index contributed by atoms with van der Waals surface area (Å²) in [5.41, 5.74) is 5.74. The fourth-order valence-corrected chi connectivity index (χ4v) is 4.52. The average Bonchev–Trinajstić information content (AvgIpc) is 2.71. The number of hydrogen-bond donors (Lipinski definition) is 2. The zero-order chi connectivity index (χ0) is 21.8.